The van der Waals surface area contributed by atoms with Gasteiger partial charge >= 0.3 is 0 Å². The van der Waals surface area contributed by atoms with Gasteiger partial charge in [0.2, 0.25) is 0 Å². The zero-order valence-electron chi connectivity index (χ0n) is 7.23. The molecular formula is C10H14OS. The van der Waals surface area contributed by atoms with E-state index in [1.807, 2.05) is 18.2 Å². The second-order valence-corrected chi connectivity index (χ2v) is 4.02. The fourth-order valence-corrected chi connectivity index (χ4v) is 1.98. The first-order valence-corrected chi connectivity index (χ1v) is 5.20. The lowest BCUT2D eigenvalue weighted by Gasteiger charge is -2.12. The van der Waals surface area contributed by atoms with Crippen LogP contribution in [0, 0.1) is 0 Å². The Hall–Kier alpha value is -0.470. The molecule has 0 heterocycles. The molecule has 0 saturated carbocycles. The molecule has 0 amide bonds. The maximum absolute atomic E-state index is 9.09. The molecule has 1 aromatic carbocycles. The largest absolute Gasteiger partial charge is 0.395 e. The second-order valence-electron chi connectivity index (χ2n) is 2.54. The maximum atomic E-state index is 9.09. The Morgan fingerprint density at radius 3 is 2.50 bits per heavy atom. The van der Waals surface area contributed by atoms with Crippen LogP contribution in [0.3, 0.4) is 0 Å². The molecule has 0 aliphatic rings. The Morgan fingerprint density at radius 2 is 2.00 bits per heavy atom. The van der Waals surface area contributed by atoms with Gasteiger partial charge in [0.05, 0.1) is 11.9 Å². The molecule has 0 fully saturated rings. The highest BCUT2D eigenvalue weighted by atomic mass is 32.2. The van der Waals surface area contributed by atoms with Crippen molar-refractivity contribution in [1.29, 1.82) is 0 Å². The standard InChI is InChI=1S/C10H14OS/c1-2-12-10(8-11)9-6-4-3-5-7-9/h3-7,10-11H,2,8H2,1H3/t10-/m1/s1. The Morgan fingerprint density at radius 1 is 1.33 bits per heavy atom. The minimum atomic E-state index is 0.225. The van der Waals surface area contributed by atoms with Crippen molar-refractivity contribution in [1.82, 2.24) is 0 Å². The van der Waals surface area contributed by atoms with Gasteiger partial charge in [0.15, 0.2) is 0 Å². The normalized spacial score (nSPS) is 12.8. The van der Waals surface area contributed by atoms with Crippen LogP contribution in [0.15, 0.2) is 30.3 Å². The van der Waals surface area contributed by atoms with Crippen LogP contribution < -0.4 is 0 Å². The number of thioether (sulfide) groups is 1. The molecule has 1 atom stereocenters. The van der Waals surface area contributed by atoms with Crippen molar-refractivity contribution >= 4 is 11.8 Å². The minimum absolute atomic E-state index is 0.225. The number of rotatable bonds is 4. The smallest absolute Gasteiger partial charge is 0.0591 e. The lowest BCUT2D eigenvalue weighted by molar-refractivity contribution is 0.296. The molecule has 12 heavy (non-hydrogen) atoms. The molecule has 0 aliphatic heterocycles. The van der Waals surface area contributed by atoms with E-state index in [1.54, 1.807) is 11.8 Å². The van der Waals surface area contributed by atoms with Crippen molar-refractivity contribution in [3.05, 3.63) is 35.9 Å². The highest BCUT2D eigenvalue weighted by Gasteiger charge is 2.07. The molecule has 0 bridgehead atoms. The molecule has 1 aromatic rings. The highest BCUT2D eigenvalue weighted by Crippen LogP contribution is 2.27. The Kier molecular flexibility index (Phi) is 4.19. The van der Waals surface area contributed by atoms with E-state index in [4.69, 9.17) is 5.11 Å². The molecule has 0 saturated heterocycles. The van der Waals surface area contributed by atoms with Crippen molar-refractivity contribution in [2.75, 3.05) is 12.4 Å². The first kappa shape index (κ1) is 9.62. The number of aliphatic hydroxyl groups excluding tert-OH is 1. The van der Waals surface area contributed by atoms with Crippen LogP contribution in [0.25, 0.3) is 0 Å². The zero-order valence-corrected chi connectivity index (χ0v) is 8.05. The highest BCUT2D eigenvalue weighted by molar-refractivity contribution is 7.99. The van der Waals surface area contributed by atoms with Gasteiger partial charge in [-0.1, -0.05) is 37.3 Å². The lowest BCUT2D eigenvalue weighted by atomic mass is 10.2. The van der Waals surface area contributed by atoms with Crippen LogP contribution in [0.2, 0.25) is 0 Å². The summed E-state index contributed by atoms with van der Waals surface area (Å²) >= 11 is 1.78. The number of hydrogen-bond donors (Lipinski definition) is 1. The first-order valence-electron chi connectivity index (χ1n) is 4.16. The third-order valence-corrected chi connectivity index (χ3v) is 2.86. The molecule has 1 rings (SSSR count). The first-order chi connectivity index (χ1) is 5.88. The molecule has 1 nitrogen and oxygen atoms in total. The van der Waals surface area contributed by atoms with E-state index >= 15 is 0 Å². The second kappa shape index (κ2) is 5.22. The van der Waals surface area contributed by atoms with Gasteiger partial charge in [0, 0.05) is 0 Å². The van der Waals surface area contributed by atoms with Crippen LogP contribution in [0.5, 0.6) is 0 Å². The summed E-state index contributed by atoms with van der Waals surface area (Å²) < 4.78 is 0. The van der Waals surface area contributed by atoms with E-state index in [0.29, 0.717) is 0 Å². The maximum Gasteiger partial charge on any atom is 0.0591 e. The Bertz CT molecular complexity index is 210. The third kappa shape index (κ3) is 2.54. The summed E-state index contributed by atoms with van der Waals surface area (Å²) in [6.07, 6.45) is 0. The van der Waals surface area contributed by atoms with Crippen LogP contribution >= 0.6 is 11.8 Å². The van der Waals surface area contributed by atoms with Gasteiger partial charge in [0.1, 0.15) is 0 Å². The quantitative estimate of drug-likeness (QED) is 0.772. The fraction of sp³-hybridized carbons (Fsp3) is 0.400. The molecule has 66 valence electrons. The number of aliphatic hydroxyl groups is 1. The van der Waals surface area contributed by atoms with Crippen LogP contribution in [-0.2, 0) is 0 Å². The summed E-state index contributed by atoms with van der Waals surface area (Å²) in [7, 11) is 0. The van der Waals surface area contributed by atoms with Gasteiger partial charge in [-0.15, -0.1) is 0 Å². The molecule has 0 radical (unpaired) electrons. The molecule has 1 N–H and O–H groups in total. The van der Waals surface area contributed by atoms with Gasteiger partial charge in [-0.25, -0.2) is 0 Å². The van der Waals surface area contributed by atoms with Crippen molar-refractivity contribution < 1.29 is 5.11 Å². The SMILES string of the molecule is CCS[C@H](CO)c1ccccc1. The zero-order chi connectivity index (χ0) is 8.81. The fourth-order valence-electron chi connectivity index (χ4n) is 1.12. The van der Waals surface area contributed by atoms with E-state index in [-0.39, 0.29) is 11.9 Å². The van der Waals surface area contributed by atoms with Gasteiger partial charge in [-0.3, -0.25) is 0 Å². The van der Waals surface area contributed by atoms with Crippen molar-refractivity contribution in [2.24, 2.45) is 0 Å². The lowest BCUT2D eigenvalue weighted by Crippen LogP contribution is -1.99. The monoisotopic (exact) mass is 182 g/mol. The van der Waals surface area contributed by atoms with Gasteiger partial charge < -0.3 is 5.11 Å². The molecule has 0 spiro atoms. The molecule has 2 heteroatoms. The predicted octanol–water partition coefficient (Wildman–Crippen LogP) is 2.47. The molecule has 0 aromatic heterocycles. The van der Waals surface area contributed by atoms with Crippen molar-refractivity contribution in [3.8, 4) is 0 Å². The van der Waals surface area contributed by atoms with Gasteiger partial charge in [0.25, 0.3) is 0 Å². The average molecular weight is 182 g/mol. The molecular weight excluding hydrogens is 168 g/mol. The summed E-state index contributed by atoms with van der Waals surface area (Å²) in [5, 5.41) is 9.34. The van der Waals surface area contributed by atoms with Crippen LogP contribution in [-0.4, -0.2) is 17.5 Å². The van der Waals surface area contributed by atoms with Crippen LogP contribution in [0.1, 0.15) is 17.7 Å². The van der Waals surface area contributed by atoms with E-state index in [9.17, 15) is 0 Å². The molecule has 0 aliphatic carbocycles. The van der Waals surface area contributed by atoms with E-state index in [0.717, 1.165) is 5.75 Å². The van der Waals surface area contributed by atoms with Gasteiger partial charge in [-0.2, -0.15) is 11.8 Å². The summed E-state index contributed by atoms with van der Waals surface area (Å²) in [4.78, 5) is 0. The Balaban J connectivity index is 2.66. The number of hydrogen-bond acceptors (Lipinski definition) is 2. The van der Waals surface area contributed by atoms with Gasteiger partial charge in [-0.05, 0) is 11.3 Å². The van der Waals surface area contributed by atoms with Crippen LogP contribution in [0.4, 0.5) is 0 Å². The Labute approximate surface area is 77.8 Å². The van der Waals surface area contributed by atoms with E-state index in [1.165, 1.54) is 5.56 Å². The van der Waals surface area contributed by atoms with Crippen molar-refractivity contribution in [2.45, 2.75) is 12.2 Å². The summed E-state index contributed by atoms with van der Waals surface area (Å²) in [6, 6.07) is 10.1. The van der Waals surface area contributed by atoms with Crippen molar-refractivity contribution in [3.63, 3.8) is 0 Å². The molecule has 0 unspecified atom stereocenters. The average Bonchev–Trinajstić information content (AvgIpc) is 2.15. The predicted molar refractivity (Wildman–Crippen MR) is 54.4 cm³/mol. The van der Waals surface area contributed by atoms with E-state index < -0.39 is 0 Å². The summed E-state index contributed by atoms with van der Waals surface area (Å²) in [6.45, 7) is 2.33. The topological polar surface area (TPSA) is 20.2 Å². The third-order valence-electron chi connectivity index (χ3n) is 1.71. The summed E-state index contributed by atoms with van der Waals surface area (Å²) in [5.41, 5.74) is 1.21. The van der Waals surface area contributed by atoms with E-state index in [2.05, 4.69) is 19.1 Å². The minimum Gasteiger partial charge on any atom is -0.395 e. The summed E-state index contributed by atoms with van der Waals surface area (Å²) in [5.74, 6) is 1.04. The number of benzene rings is 1.